The number of anilines is 3. The number of aryl methyl sites for hydroxylation is 1. The van der Waals surface area contributed by atoms with Gasteiger partial charge in [0.2, 0.25) is 0 Å². The predicted molar refractivity (Wildman–Crippen MR) is 173 cm³/mol. The van der Waals surface area contributed by atoms with E-state index in [4.69, 9.17) is 9.15 Å². The van der Waals surface area contributed by atoms with Gasteiger partial charge in [0.15, 0.2) is 11.2 Å². The lowest BCUT2D eigenvalue weighted by molar-refractivity contribution is -0.131. The van der Waals surface area contributed by atoms with Crippen molar-refractivity contribution in [1.82, 2.24) is 9.88 Å². The topological polar surface area (TPSA) is 120 Å². The third-order valence-corrected chi connectivity index (χ3v) is 7.91. The number of carbonyl (C=O) groups is 2. The second-order valence-corrected chi connectivity index (χ2v) is 11.0. The number of rotatable bonds is 9. The fourth-order valence-corrected chi connectivity index (χ4v) is 5.35. The van der Waals surface area contributed by atoms with E-state index in [1.165, 1.54) is 0 Å². The summed E-state index contributed by atoms with van der Waals surface area (Å²) in [5.74, 6) is -0.712. The maximum Gasteiger partial charge on any atom is 0.326 e. The highest BCUT2D eigenvalue weighted by atomic mass is 16.5. The van der Waals surface area contributed by atoms with E-state index in [0.29, 0.717) is 59.9 Å². The summed E-state index contributed by atoms with van der Waals surface area (Å²) in [5.41, 5.74) is 2.09. The average molecular weight is 606 g/mol. The molecule has 0 atom stereocenters. The van der Waals surface area contributed by atoms with Gasteiger partial charge in [-0.3, -0.25) is 19.9 Å². The molecule has 1 aliphatic heterocycles. The van der Waals surface area contributed by atoms with E-state index in [2.05, 4.69) is 20.5 Å². The predicted octanol–water partition coefficient (Wildman–Crippen LogP) is 5.38. The number of hydrogen-bond acceptors (Lipinski definition) is 7. The molecule has 230 valence electrons. The van der Waals surface area contributed by atoms with Crippen LogP contribution >= 0.6 is 0 Å². The summed E-state index contributed by atoms with van der Waals surface area (Å²) in [7, 11) is 0. The van der Waals surface area contributed by atoms with Gasteiger partial charge in [-0.2, -0.15) is 4.98 Å². The van der Waals surface area contributed by atoms with Crippen LogP contribution in [-0.2, 0) is 15.1 Å². The molecule has 10 nitrogen and oxygen atoms in total. The van der Waals surface area contributed by atoms with Crippen molar-refractivity contribution in [3.63, 3.8) is 0 Å². The summed E-state index contributed by atoms with van der Waals surface area (Å²) < 4.78 is 11.4. The molecule has 1 saturated heterocycles. The van der Waals surface area contributed by atoms with Crippen LogP contribution in [0.5, 0.6) is 0 Å². The number of urea groups is 1. The van der Waals surface area contributed by atoms with Crippen molar-refractivity contribution < 1.29 is 23.8 Å². The minimum absolute atomic E-state index is 0.0681. The molecular weight excluding hydrogens is 570 g/mol. The van der Waals surface area contributed by atoms with Crippen molar-refractivity contribution in [3.8, 4) is 0 Å². The smallest absolute Gasteiger partial charge is 0.326 e. The van der Waals surface area contributed by atoms with E-state index in [1.807, 2.05) is 43.3 Å². The van der Waals surface area contributed by atoms with E-state index in [0.717, 1.165) is 18.7 Å². The Hall–Kier alpha value is -5.03. The van der Waals surface area contributed by atoms with Gasteiger partial charge in [-0.15, -0.1) is 0 Å². The number of fused-ring (bicyclic) bond motifs is 1. The van der Waals surface area contributed by atoms with Crippen LogP contribution in [0, 0.1) is 6.92 Å². The van der Waals surface area contributed by atoms with Crippen molar-refractivity contribution in [2.24, 2.45) is 0 Å². The number of oxazole rings is 1. The van der Waals surface area contributed by atoms with Gasteiger partial charge < -0.3 is 19.6 Å². The molecule has 5 aromatic rings. The second-order valence-electron chi connectivity index (χ2n) is 11.0. The largest absolute Gasteiger partial charge is 0.423 e. The normalized spacial score (nSPS) is 13.8. The zero-order valence-electron chi connectivity index (χ0n) is 25.0. The molecule has 1 aromatic heterocycles. The van der Waals surface area contributed by atoms with Gasteiger partial charge in [0, 0.05) is 43.6 Å². The van der Waals surface area contributed by atoms with Gasteiger partial charge in [-0.1, -0.05) is 78.4 Å². The van der Waals surface area contributed by atoms with Gasteiger partial charge in [0.1, 0.15) is 5.52 Å². The highest BCUT2D eigenvalue weighted by Gasteiger charge is 2.40. The lowest BCUT2D eigenvalue weighted by Gasteiger charge is -2.30. The van der Waals surface area contributed by atoms with Crippen LogP contribution in [0.15, 0.2) is 108 Å². The lowest BCUT2D eigenvalue weighted by Crippen LogP contribution is -2.44. The first-order chi connectivity index (χ1) is 21.9. The van der Waals surface area contributed by atoms with Crippen molar-refractivity contribution >= 4 is 40.4 Å². The number of carbonyl (C=O) groups excluding carboxylic acids is 2. The SMILES string of the molecule is Cc1ccc(NC(=O)N(CCN2CCOCC2)c2ccc3nc(NC(=O)C(O)(c4ccccc4)c4ccccc4)oc3c2)cc1. The highest BCUT2D eigenvalue weighted by molar-refractivity contribution is 6.03. The first-order valence-corrected chi connectivity index (χ1v) is 14.9. The lowest BCUT2D eigenvalue weighted by atomic mass is 9.85. The molecule has 0 unspecified atom stereocenters. The summed E-state index contributed by atoms with van der Waals surface area (Å²) in [6.45, 7) is 6.02. The van der Waals surface area contributed by atoms with E-state index in [-0.39, 0.29) is 12.0 Å². The number of benzene rings is 4. The van der Waals surface area contributed by atoms with Crippen molar-refractivity contribution in [2.45, 2.75) is 12.5 Å². The summed E-state index contributed by atoms with van der Waals surface area (Å²) in [5, 5.41) is 17.5. The molecule has 45 heavy (non-hydrogen) atoms. The Morgan fingerprint density at radius 3 is 2.18 bits per heavy atom. The van der Waals surface area contributed by atoms with Gasteiger partial charge in [0.05, 0.1) is 13.2 Å². The molecule has 0 aliphatic carbocycles. The van der Waals surface area contributed by atoms with Crippen LogP contribution < -0.4 is 15.5 Å². The molecule has 1 fully saturated rings. The third-order valence-electron chi connectivity index (χ3n) is 7.91. The van der Waals surface area contributed by atoms with Crippen molar-refractivity contribution in [3.05, 3.63) is 120 Å². The van der Waals surface area contributed by atoms with Crippen molar-refractivity contribution in [2.75, 3.05) is 54.9 Å². The molecule has 3 amide bonds. The van der Waals surface area contributed by atoms with Crippen molar-refractivity contribution in [1.29, 1.82) is 0 Å². The molecule has 6 rings (SSSR count). The van der Waals surface area contributed by atoms with Gasteiger partial charge in [0.25, 0.3) is 5.91 Å². The number of nitrogens with zero attached hydrogens (tertiary/aromatic N) is 3. The van der Waals surface area contributed by atoms with E-state index >= 15 is 0 Å². The maximum atomic E-state index is 13.7. The summed E-state index contributed by atoms with van der Waals surface area (Å²) in [6.07, 6.45) is 0. The first-order valence-electron chi connectivity index (χ1n) is 14.9. The molecule has 0 bridgehead atoms. The van der Waals surface area contributed by atoms with Gasteiger partial charge in [-0.05, 0) is 42.3 Å². The molecule has 1 aliphatic rings. The number of morpholine rings is 1. The van der Waals surface area contributed by atoms with E-state index in [9.17, 15) is 14.7 Å². The zero-order valence-corrected chi connectivity index (χ0v) is 25.0. The van der Waals surface area contributed by atoms with Crippen LogP contribution in [0.2, 0.25) is 0 Å². The molecule has 2 heterocycles. The van der Waals surface area contributed by atoms with Crippen LogP contribution in [0.3, 0.4) is 0 Å². The van der Waals surface area contributed by atoms with Gasteiger partial charge in [-0.25, -0.2) is 4.79 Å². The van der Waals surface area contributed by atoms with E-state index < -0.39 is 11.5 Å². The van der Waals surface area contributed by atoms with Gasteiger partial charge >= 0.3 is 12.0 Å². The highest BCUT2D eigenvalue weighted by Crippen LogP contribution is 2.32. The molecule has 3 N–H and O–H groups in total. The molecule has 0 saturated carbocycles. The maximum absolute atomic E-state index is 13.7. The standard InChI is InChI=1S/C35H35N5O5/c1-25-12-14-28(15-13-25)36-34(42)40(19-18-39-20-22-44-23-21-39)29-16-17-30-31(24-29)45-33(37-30)38-32(41)35(43,26-8-4-2-5-9-26)27-10-6-3-7-11-27/h2-17,24,43H,18-23H2,1H3,(H,36,42)(H,37,38,41). The van der Waals surface area contributed by atoms with Crippen LogP contribution in [0.1, 0.15) is 16.7 Å². The molecule has 0 spiro atoms. The molecule has 0 radical (unpaired) electrons. The number of hydrogen-bond donors (Lipinski definition) is 3. The first kappa shape index (κ1) is 30.0. The Bertz CT molecular complexity index is 1710. The molecule has 10 heteroatoms. The second kappa shape index (κ2) is 13.3. The molecule has 4 aromatic carbocycles. The minimum Gasteiger partial charge on any atom is -0.423 e. The Morgan fingerprint density at radius 2 is 1.53 bits per heavy atom. The number of nitrogens with one attached hydrogen (secondary N) is 2. The summed E-state index contributed by atoms with van der Waals surface area (Å²) in [4.78, 5) is 35.6. The van der Waals surface area contributed by atoms with Crippen LogP contribution in [-0.4, -0.2) is 66.3 Å². The fraction of sp³-hybridized carbons (Fsp3) is 0.229. The van der Waals surface area contributed by atoms with Crippen LogP contribution in [0.25, 0.3) is 11.1 Å². The number of amides is 3. The number of ether oxygens (including phenoxy) is 1. The fourth-order valence-electron chi connectivity index (χ4n) is 5.35. The molecular formula is C35H35N5O5. The quantitative estimate of drug-likeness (QED) is 0.206. The zero-order chi connectivity index (χ0) is 31.2. The Balaban J connectivity index is 1.26. The third kappa shape index (κ3) is 6.73. The Morgan fingerprint density at radius 1 is 0.889 bits per heavy atom. The Kier molecular flexibility index (Phi) is 8.88. The monoisotopic (exact) mass is 605 g/mol. The average Bonchev–Trinajstić information content (AvgIpc) is 3.48. The van der Waals surface area contributed by atoms with E-state index in [1.54, 1.807) is 71.6 Å². The van der Waals surface area contributed by atoms with Crippen LogP contribution in [0.4, 0.5) is 22.2 Å². The minimum atomic E-state index is -1.99. The Labute approximate surface area is 261 Å². The summed E-state index contributed by atoms with van der Waals surface area (Å²) >= 11 is 0. The summed E-state index contributed by atoms with van der Waals surface area (Å²) in [6, 6.07) is 30.0. The number of aromatic nitrogens is 1. The number of aliphatic hydroxyl groups is 1.